The van der Waals surface area contributed by atoms with Gasteiger partial charge in [0, 0.05) is 5.54 Å². The Balaban J connectivity index is 1.88. The van der Waals surface area contributed by atoms with Gasteiger partial charge in [-0.05, 0) is 44.0 Å². The van der Waals surface area contributed by atoms with Gasteiger partial charge in [0.2, 0.25) is 0 Å². The zero-order valence-corrected chi connectivity index (χ0v) is 18.0. The summed E-state index contributed by atoms with van der Waals surface area (Å²) in [7, 11) is -3.65. The summed E-state index contributed by atoms with van der Waals surface area (Å²) < 4.78 is 31.6. The van der Waals surface area contributed by atoms with Gasteiger partial charge in [-0.1, -0.05) is 60.7 Å². The molecule has 1 atom stereocenters. The van der Waals surface area contributed by atoms with E-state index in [9.17, 15) is 4.57 Å². The Morgan fingerprint density at radius 3 is 1.79 bits per heavy atom. The van der Waals surface area contributed by atoms with E-state index in [-0.39, 0.29) is 18.8 Å². The fourth-order valence-electron chi connectivity index (χ4n) is 2.83. The maximum atomic E-state index is 14.1. The van der Waals surface area contributed by atoms with Gasteiger partial charge in [-0.15, -0.1) is 0 Å². The molecule has 5 nitrogen and oxygen atoms in total. The molecule has 2 aromatic carbocycles. The Kier molecular flexibility index (Phi) is 7.09. The second-order valence-corrected chi connectivity index (χ2v) is 9.98. The van der Waals surface area contributed by atoms with E-state index in [1.54, 1.807) is 18.4 Å². The van der Waals surface area contributed by atoms with Crippen LogP contribution in [0.2, 0.25) is 0 Å². The summed E-state index contributed by atoms with van der Waals surface area (Å²) >= 11 is 0. The van der Waals surface area contributed by atoms with Crippen LogP contribution in [0.25, 0.3) is 0 Å². The Morgan fingerprint density at radius 1 is 0.862 bits per heavy atom. The van der Waals surface area contributed by atoms with Crippen LogP contribution < -0.4 is 5.32 Å². The standard InChI is InChI=1S/C23H28NO4P/c1-23(2,3)24-22(21-15-10-16-26-21)29(25,27-17-19-11-6-4-7-12-19)28-18-20-13-8-5-9-14-20/h4-16,22,24H,17-18H2,1-3H3. The fraction of sp³-hybridized carbons (Fsp3) is 0.304. The molecule has 3 rings (SSSR count). The molecule has 1 unspecified atom stereocenters. The van der Waals surface area contributed by atoms with Crippen LogP contribution in [0.3, 0.4) is 0 Å². The Labute approximate surface area is 172 Å². The van der Waals surface area contributed by atoms with Crippen LogP contribution in [0.4, 0.5) is 0 Å². The number of benzene rings is 2. The van der Waals surface area contributed by atoms with Gasteiger partial charge in [0.05, 0.1) is 19.5 Å². The lowest BCUT2D eigenvalue weighted by Gasteiger charge is -2.32. The SMILES string of the molecule is CC(C)(C)NC(c1ccco1)P(=O)(OCc1ccccc1)OCc1ccccc1. The van der Waals surface area contributed by atoms with Crippen LogP contribution in [-0.4, -0.2) is 5.54 Å². The molecule has 3 aromatic rings. The molecule has 0 aliphatic carbocycles. The minimum Gasteiger partial charge on any atom is -0.467 e. The number of nitrogens with one attached hydrogen (secondary N) is 1. The average molecular weight is 413 g/mol. The lowest BCUT2D eigenvalue weighted by atomic mass is 10.1. The molecule has 29 heavy (non-hydrogen) atoms. The summed E-state index contributed by atoms with van der Waals surface area (Å²) in [6.45, 7) is 6.36. The van der Waals surface area contributed by atoms with Gasteiger partial charge in [-0.25, -0.2) is 0 Å². The first kappa shape index (κ1) is 21.5. The highest BCUT2D eigenvalue weighted by atomic mass is 31.2. The molecule has 0 amide bonds. The van der Waals surface area contributed by atoms with E-state index in [4.69, 9.17) is 13.5 Å². The molecule has 0 bridgehead atoms. The Hall–Kier alpha value is -2.17. The van der Waals surface area contributed by atoms with Crippen molar-refractivity contribution >= 4 is 7.60 Å². The van der Waals surface area contributed by atoms with Crippen LogP contribution in [-0.2, 0) is 26.8 Å². The van der Waals surface area contributed by atoms with Crippen molar-refractivity contribution in [2.75, 3.05) is 0 Å². The summed E-state index contributed by atoms with van der Waals surface area (Å²) in [5.41, 5.74) is 1.51. The van der Waals surface area contributed by atoms with Crippen molar-refractivity contribution in [1.82, 2.24) is 5.32 Å². The molecule has 154 valence electrons. The van der Waals surface area contributed by atoms with E-state index in [0.717, 1.165) is 11.1 Å². The van der Waals surface area contributed by atoms with E-state index >= 15 is 0 Å². The molecule has 0 saturated carbocycles. The fourth-order valence-corrected chi connectivity index (χ4v) is 4.86. The second-order valence-electron chi connectivity index (χ2n) is 7.87. The van der Waals surface area contributed by atoms with Gasteiger partial charge in [0.15, 0.2) is 5.78 Å². The minimum absolute atomic E-state index is 0.177. The number of furan rings is 1. The van der Waals surface area contributed by atoms with Crippen molar-refractivity contribution in [1.29, 1.82) is 0 Å². The van der Waals surface area contributed by atoms with Gasteiger partial charge in [0.1, 0.15) is 5.76 Å². The van der Waals surface area contributed by atoms with Gasteiger partial charge >= 0.3 is 7.60 Å². The van der Waals surface area contributed by atoms with Crippen LogP contribution in [0, 0.1) is 0 Å². The van der Waals surface area contributed by atoms with Crippen LogP contribution in [0.1, 0.15) is 43.4 Å². The van der Waals surface area contributed by atoms with Crippen molar-refractivity contribution in [3.63, 3.8) is 0 Å². The molecule has 1 N–H and O–H groups in total. The largest absolute Gasteiger partial charge is 0.467 e. The highest BCUT2D eigenvalue weighted by Crippen LogP contribution is 2.61. The smallest absolute Gasteiger partial charge is 0.355 e. The summed E-state index contributed by atoms with van der Waals surface area (Å²) in [6.07, 6.45) is 1.56. The van der Waals surface area contributed by atoms with E-state index in [0.29, 0.717) is 5.76 Å². The van der Waals surface area contributed by atoms with E-state index in [1.807, 2.05) is 81.4 Å². The molecule has 0 radical (unpaired) electrons. The predicted octanol–water partition coefficient (Wildman–Crippen LogP) is 6.29. The minimum atomic E-state index is -3.65. The van der Waals surface area contributed by atoms with E-state index < -0.39 is 13.4 Å². The molecule has 0 saturated heterocycles. The number of hydrogen-bond acceptors (Lipinski definition) is 5. The average Bonchev–Trinajstić information content (AvgIpc) is 3.24. The molecular weight excluding hydrogens is 385 g/mol. The predicted molar refractivity (Wildman–Crippen MR) is 114 cm³/mol. The third kappa shape index (κ3) is 6.41. The molecule has 1 heterocycles. The third-order valence-electron chi connectivity index (χ3n) is 4.21. The number of hydrogen-bond donors (Lipinski definition) is 1. The normalized spacial score (nSPS) is 13.3. The monoisotopic (exact) mass is 413 g/mol. The molecule has 0 aliphatic heterocycles. The molecule has 0 fully saturated rings. The lowest BCUT2D eigenvalue weighted by molar-refractivity contribution is 0.171. The van der Waals surface area contributed by atoms with E-state index in [1.165, 1.54) is 0 Å². The molecular formula is C23H28NO4P. The topological polar surface area (TPSA) is 60.7 Å². The lowest BCUT2D eigenvalue weighted by Crippen LogP contribution is -2.39. The quantitative estimate of drug-likeness (QED) is 0.418. The maximum Gasteiger partial charge on any atom is 0.355 e. The summed E-state index contributed by atoms with van der Waals surface area (Å²) in [5.74, 6) is -0.214. The molecule has 1 aromatic heterocycles. The highest BCUT2D eigenvalue weighted by molar-refractivity contribution is 7.54. The van der Waals surface area contributed by atoms with Crippen molar-refractivity contribution in [3.05, 3.63) is 95.9 Å². The molecule has 0 spiro atoms. The number of rotatable bonds is 9. The maximum absolute atomic E-state index is 14.1. The summed E-state index contributed by atoms with van der Waals surface area (Å²) in [4.78, 5) is 0. The van der Waals surface area contributed by atoms with Gasteiger partial charge in [-0.3, -0.25) is 9.88 Å². The highest BCUT2D eigenvalue weighted by Gasteiger charge is 2.41. The van der Waals surface area contributed by atoms with Crippen molar-refractivity contribution in [2.24, 2.45) is 0 Å². The van der Waals surface area contributed by atoms with Crippen LogP contribution in [0.15, 0.2) is 83.5 Å². The summed E-state index contributed by atoms with van der Waals surface area (Å²) in [5, 5.41) is 3.36. The van der Waals surface area contributed by atoms with Crippen molar-refractivity contribution in [3.8, 4) is 0 Å². The van der Waals surface area contributed by atoms with Crippen LogP contribution >= 0.6 is 7.60 Å². The summed E-state index contributed by atoms with van der Waals surface area (Å²) in [6, 6.07) is 22.8. The first-order valence-corrected chi connectivity index (χ1v) is 11.2. The van der Waals surface area contributed by atoms with Gasteiger partial charge < -0.3 is 13.5 Å². The first-order valence-electron chi connectivity index (χ1n) is 9.63. The second kappa shape index (κ2) is 9.55. The third-order valence-corrected chi connectivity index (χ3v) is 6.20. The van der Waals surface area contributed by atoms with Crippen molar-refractivity contribution in [2.45, 2.75) is 45.3 Å². The Morgan fingerprint density at radius 2 is 1.38 bits per heavy atom. The van der Waals surface area contributed by atoms with Gasteiger partial charge in [-0.2, -0.15) is 0 Å². The van der Waals surface area contributed by atoms with E-state index in [2.05, 4.69) is 5.32 Å². The van der Waals surface area contributed by atoms with Crippen molar-refractivity contribution < 1.29 is 18.0 Å². The molecule has 0 aliphatic rings. The first-order chi connectivity index (χ1) is 13.9. The molecule has 6 heteroatoms. The Bertz CT molecular complexity index is 858. The van der Waals surface area contributed by atoms with Crippen LogP contribution in [0.5, 0.6) is 0 Å². The zero-order valence-electron chi connectivity index (χ0n) is 17.1. The zero-order chi connectivity index (χ0) is 20.7. The van der Waals surface area contributed by atoms with Gasteiger partial charge in [0.25, 0.3) is 0 Å².